The predicted octanol–water partition coefficient (Wildman–Crippen LogP) is 3.60. The number of nitrogens with zero attached hydrogens (tertiary/aromatic N) is 1. The number of aliphatic hydroxyl groups excluding tert-OH is 1. The van der Waals surface area contributed by atoms with Crippen molar-refractivity contribution in [2.45, 2.75) is 19.4 Å². The van der Waals surface area contributed by atoms with Gasteiger partial charge in [-0.25, -0.2) is 8.78 Å². The van der Waals surface area contributed by atoms with Crippen LogP contribution in [0.15, 0.2) is 42.5 Å². The first kappa shape index (κ1) is 17.4. The number of aliphatic hydroxyl groups is 1. The van der Waals surface area contributed by atoms with E-state index in [0.29, 0.717) is 24.4 Å². The maximum Gasteiger partial charge on any atom is 0.253 e. The van der Waals surface area contributed by atoms with Gasteiger partial charge in [0.1, 0.15) is 11.6 Å². The molecule has 0 aromatic heterocycles. The van der Waals surface area contributed by atoms with E-state index in [1.54, 1.807) is 36.1 Å². The number of halogens is 2. The average Bonchev–Trinajstić information content (AvgIpc) is 3.08. The van der Waals surface area contributed by atoms with E-state index in [4.69, 9.17) is 4.74 Å². The summed E-state index contributed by atoms with van der Waals surface area (Å²) in [7, 11) is 0. The van der Waals surface area contributed by atoms with Gasteiger partial charge in [-0.2, -0.15) is 0 Å². The van der Waals surface area contributed by atoms with Crippen LogP contribution in [-0.2, 0) is 0 Å². The molecule has 2 atom stereocenters. The SMILES string of the molecule is CC(O)C1CCN(C(=O)c2ccc(Oc3ccc(F)cc3F)cc2)C1. The van der Waals surface area contributed by atoms with E-state index in [2.05, 4.69) is 0 Å². The van der Waals surface area contributed by atoms with Crippen molar-refractivity contribution in [3.8, 4) is 11.5 Å². The van der Waals surface area contributed by atoms with Crippen molar-refractivity contribution in [1.82, 2.24) is 4.90 Å². The number of hydrogen-bond donors (Lipinski definition) is 1. The molecular formula is C19H19F2NO3. The lowest BCUT2D eigenvalue weighted by molar-refractivity contribution is 0.0762. The second-order valence-electron chi connectivity index (χ2n) is 6.24. The summed E-state index contributed by atoms with van der Waals surface area (Å²) in [5, 5.41) is 9.63. The van der Waals surface area contributed by atoms with Crippen LogP contribution < -0.4 is 4.74 Å². The molecule has 1 heterocycles. The highest BCUT2D eigenvalue weighted by Crippen LogP contribution is 2.26. The highest BCUT2D eigenvalue weighted by Gasteiger charge is 2.29. The molecule has 2 aromatic rings. The van der Waals surface area contributed by atoms with E-state index in [0.717, 1.165) is 18.6 Å². The third kappa shape index (κ3) is 3.96. The van der Waals surface area contributed by atoms with Crippen LogP contribution in [0, 0.1) is 17.6 Å². The Labute approximate surface area is 144 Å². The Balaban J connectivity index is 1.67. The Morgan fingerprint density at radius 3 is 2.56 bits per heavy atom. The summed E-state index contributed by atoms with van der Waals surface area (Å²) in [6.07, 6.45) is 0.355. The van der Waals surface area contributed by atoms with Gasteiger partial charge in [-0.15, -0.1) is 0 Å². The zero-order chi connectivity index (χ0) is 18.0. The standard InChI is InChI=1S/C19H19F2NO3/c1-12(23)14-8-9-22(11-14)19(24)13-2-5-16(6-3-13)25-18-7-4-15(20)10-17(18)21/h2-7,10,12,14,23H,8-9,11H2,1H3. The lowest BCUT2D eigenvalue weighted by atomic mass is 10.0. The van der Waals surface area contributed by atoms with Crippen molar-refractivity contribution >= 4 is 5.91 Å². The summed E-state index contributed by atoms with van der Waals surface area (Å²) >= 11 is 0. The zero-order valence-electron chi connectivity index (χ0n) is 13.8. The maximum absolute atomic E-state index is 13.6. The summed E-state index contributed by atoms with van der Waals surface area (Å²) in [5.74, 6) is -1.20. The van der Waals surface area contributed by atoms with Crippen molar-refractivity contribution < 1.29 is 23.4 Å². The molecule has 2 aromatic carbocycles. The van der Waals surface area contributed by atoms with E-state index in [1.165, 1.54) is 6.07 Å². The molecule has 3 rings (SSSR count). The zero-order valence-corrected chi connectivity index (χ0v) is 13.8. The van der Waals surface area contributed by atoms with Crippen molar-refractivity contribution in [2.24, 2.45) is 5.92 Å². The molecule has 0 aliphatic carbocycles. The Bertz CT molecular complexity index is 762. The summed E-state index contributed by atoms with van der Waals surface area (Å²) in [4.78, 5) is 14.2. The third-order valence-electron chi connectivity index (χ3n) is 4.42. The molecule has 1 amide bonds. The minimum absolute atomic E-state index is 0.0835. The largest absolute Gasteiger partial charge is 0.454 e. The second kappa shape index (κ2) is 7.19. The van der Waals surface area contributed by atoms with E-state index in [1.807, 2.05) is 0 Å². The fourth-order valence-electron chi connectivity index (χ4n) is 2.90. The number of amides is 1. The van der Waals surface area contributed by atoms with Crippen LogP contribution in [0.5, 0.6) is 11.5 Å². The Morgan fingerprint density at radius 1 is 1.24 bits per heavy atom. The molecule has 1 aliphatic rings. The molecule has 0 bridgehead atoms. The van der Waals surface area contributed by atoms with E-state index >= 15 is 0 Å². The van der Waals surface area contributed by atoms with Crippen LogP contribution in [0.3, 0.4) is 0 Å². The molecule has 4 nitrogen and oxygen atoms in total. The lowest BCUT2D eigenvalue weighted by Gasteiger charge is -2.18. The van der Waals surface area contributed by atoms with Gasteiger partial charge in [0.25, 0.3) is 5.91 Å². The fraction of sp³-hybridized carbons (Fsp3) is 0.316. The van der Waals surface area contributed by atoms with Gasteiger partial charge in [-0.3, -0.25) is 4.79 Å². The van der Waals surface area contributed by atoms with Gasteiger partial charge in [0, 0.05) is 30.6 Å². The van der Waals surface area contributed by atoms with Crippen LogP contribution in [0.2, 0.25) is 0 Å². The number of benzene rings is 2. The smallest absolute Gasteiger partial charge is 0.253 e. The van der Waals surface area contributed by atoms with Crippen molar-refractivity contribution in [2.75, 3.05) is 13.1 Å². The molecule has 25 heavy (non-hydrogen) atoms. The number of rotatable bonds is 4. The molecule has 132 valence electrons. The van der Waals surface area contributed by atoms with Crippen LogP contribution in [0.4, 0.5) is 8.78 Å². The summed E-state index contributed by atoms with van der Waals surface area (Å²) in [6.45, 7) is 2.89. The van der Waals surface area contributed by atoms with Crippen molar-refractivity contribution in [1.29, 1.82) is 0 Å². The van der Waals surface area contributed by atoms with Crippen LogP contribution in [0.25, 0.3) is 0 Å². The molecule has 6 heteroatoms. The molecule has 0 saturated carbocycles. The van der Waals surface area contributed by atoms with Crippen LogP contribution in [-0.4, -0.2) is 35.1 Å². The number of ether oxygens (including phenoxy) is 1. The minimum Gasteiger partial charge on any atom is -0.454 e. The van der Waals surface area contributed by atoms with E-state index in [-0.39, 0.29) is 17.6 Å². The van der Waals surface area contributed by atoms with Gasteiger partial charge in [-0.1, -0.05) is 0 Å². The fourth-order valence-corrected chi connectivity index (χ4v) is 2.90. The van der Waals surface area contributed by atoms with Gasteiger partial charge < -0.3 is 14.7 Å². The molecule has 2 unspecified atom stereocenters. The maximum atomic E-state index is 13.6. The molecule has 1 saturated heterocycles. The summed E-state index contributed by atoms with van der Waals surface area (Å²) in [6, 6.07) is 9.42. The normalized spacial score (nSPS) is 18.2. The highest BCUT2D eigenvalue weighted by molar-refractivity contribution is 5.94. The third-order valence-corrected chi connectivity index (χ3v) is 4.42. The van der Waals surface area contributed by atoms with Gasteiger partial charge in [0.15, 0.2) is 11.6 Å². The van der Waals surface area contributed by atoms with Crippen LogP contribution in [0.1, 0.15) is 23.7 Å². The van der Waals surface area contributed by atoms with E-state index in [9.17, 15) is 18.7 Å². The molecule has 0 radical (unpaired) electrons. The predicted molar refractivity (Wildman–Crippen MR) is 88.6 cm³/mol. The van der Waals surface area contributed by atoms with Crippen molar-refractivity contribution in [3.63, 3.8) is 0 Å². The van der Waals surface area contributed by atoms with E-state index < -0.39 is 17.7 Å². The highest BCUT2D eigenvalue weighted by atomic mass is 19.1. The first-order valence-corrected chi connectivity index (χ1v) is 8.14. The van der Waals surface area contributed by atoms with Gasteiger partial charge in [-0.05, 0) is 49.7 Å². The topological polar surface area (TPSA) is 49.8 Å². The minimum atomic E-state index is -0.790. The number of carbonyl (C=O) groups is 1. The molecule has 0 spiro atoms. The quantitative estimate of drug-likeness (QED) is 0.919. The molecule has 1 N–H and O–H groups in total. The van der Waals surface area contributed by atoms with Gasteiger partial charge >= 0.3 is 0 Å². The number of carbonyl (C=O) groups excluding carboxylic acids is 1. The Hall–Kier alpha value is -2.47. The summed E-state index contributed by atoms with van der Waals surface area (Å²) < 4.78 is 31.9. The monoisotopic (exact) mass is 347 g/mol. The first-order chi connectivity index (χ1) is 11.9. The summed E-state index contributed by atoms with van der Waals surface area (Å²) in [5.41, 5.74) is 0.498. The van der Waals surface area contributed by atoms with Gasteiger partial charge in [0.2, 0.25) is 0 Å². The second-order valence-corrected chi connectivity index (χ2v) is 6.24. The van der Waals surface area contributed by atoms with Crippen LogP contribution >= 0.6 is 0 Å². The lowest BCUT2D eigenvalue weighted by Crippen LogP contribution is -2.30. The average molecular weight is 347 g/mol. The Kier molecular flexibility index (Phi) is 4.99. The molecular weight excluding hydrogens is 328 g/mol. The first-order valence-electron chi connectivity index (χ1n) is 8.14. The number of hydrogen-bond acceptors (Lipinski definition) is 3. The van der Waals surface area contributed by atoms with Crippen molar-refractivity contribution in [3.05, 3.63) is 59.7 Å². The molecule has 1 aliphatic heterocycles. The molecule has 1 fully saturated rings. The Morgan fingerprint density at radius 2 is 1.96 bits per heavy atom. The van der Waals surface area contributed by atoms with Gasteiger partial charge in [0.05, 0.1) is 6.10 Å². The number of likely N-dealkylation sites (tertiary alicyclic amines) is 1.